The lowest BCUT2D eigenvalue weighted by atomic mass is 10.1. The van der Waals surface area contributed by atoms with Gasteiger partial charge < -0.3 is 5.32 Å². The number of nitrogens with one attached hydrogen (secondary N) is 1. The van der Waals surface area contributed by atoms with Crippen LogP contribution in [-0.2, 0) is 10.8 Å². The van der Waals surface area contributed by atoms with E-state index in [2.05, 4.69) is 24.2 Å². The smallest absolute Gasteiger partial charge is 0.156 e. The third kappa shape index (κ3) is 5.91. The summed E-state index contributed by atoms with van der Waals surface area (Å²) in [5.74, 6) is 1.86. The Morgan fingerprint density at radius 2 is 2.24 bits per heavy atom. The molecule has 0 radical (unpaired) electrons. The summed E-state index contributed by atoms with van der Waals surface area (Å²) in [5.41, 5.74) is 0. The number of amidine groups is 1. The molecule has 100 valence electrons. The van der Waals surface area contributed by atoms with Gasteiger partial charge in [0.05, 0.1) is 0 Å². The fourth-order valence-electron chi connectivity index (χ4n) is 1.74. The Bertz CT molecular complexity index is 292. The van der Waals surface area contributed by atoms with E-state index in [-0.39, 0.29) is 5.25 Å². The Balaban J connectivity index is 2.26. The average Bonchev–Trinajstić information content (AvgIpc) is 2.64. The molecule has 0 spiro atoms. The highest BCUT2D eigenvalue weighted by atomic mass is 32.2. The SMILES string of the molecule is CC(C)CC1CSC(=NCCC(C)S(C)=O)N1. The van der Waals surface area contributed by atoms with E-state index in [9.17, 15) is 4.21 Å². The van der Waals surface area contributed by atoms with Gasteiger partial charge in [0.2, 0.25) is 0 Å². The van der Waals surface area contributed by atoms with Gasteiger partial charge in [0, 0.05) is 40.6 Å². The highest BCUT2D eigenvalue weighted by molar-refractivity contribution is 8.14. The molecular weight excluding hydrogens is 252 g/mol. The first-order chi connectivity index (χ1) is 7.99. The van der Waals surface area contributed by atoms with E-state index >= 15 is 0 Å². The highest BCUT2D eigenvalue weighted by Crippen LogP contribution is 2.19. The zero-order valence-corrected chi connectivity index (χ0v) is 12.9. The van der Waals surface area contributed by atoms with Gasteiger partial charge in [-0.15, -0.1) is 0 Å². The van der Waals surface area contributed by atoms with Crippen LogP contribution in [0.5, 0.6) is 0 Å². The Morgan fingerprint density at radius 3 is 2.82 bits per heavy atom. The van der Waals surface area contributed by atoms with Crippen LogP contribution in [0.2, 0.25) is 0 Å². The second-order valence-corrected chi connectivity index (χ2v) is 7.88. The highest BCUT2D eigenvalue weighted by Gasteiger charge is 2.20. The molecule has 1 aliphatic rings. The molecule has 1 N–H and O–H groups in total. The van der Waals surface area contributed by atoms with Crippen molar-refractivity contribution in [2.45, 2.75) is 44.9 Å². The lowest BCUT2D eigenvalue weighted by Crippen LogP contribution is -2.28. The molecule has 0 saturated carbocycles. The third-order valence-electron chi connectivity index (χ3n) is 2.86. The molecule has 0 aromatic carbocycles. The molecule has 1 heterocycles. The van der Waals surface area contributed by atoms with Crippen LogP contribution in [0, 0.1) is 5.92 Å². The summed E-state index contributed by atoms with van der Waals surface area (Å²) in [7, 11) is -0.725. The Kier molecular flexibility index (Phi) is 6.55. The van der Waals surface area contributed by atoms with E-state index in [1.54, 1.807) is 6.26 Å². The molecule has 0 amide bonds. The Morgan fingerprint density at radius 1 is 1.53 bits per heavy atom. The van der Waals surface area contributed by atoms with Gasteiger partial charge in [-0.3, -0.25) is 9.20 Å². The van der Waals surface area contributed by atoms with Crippen molar-refractivity contribution in [2.75, 3.05) is 18.6 Å². The fourth-order valence-corrected chi connectivity index (χ4v) is 3.19. The normalized spacial score (nSPS) is 26.2. The van der Waals surface area contributed by atoms with Crippen LogP contribution in [0.1, 0.15) is 33.6 Å². The number of hydrogen-bond donors (Lipinski definition) is 1. The molecule has 3 nitrogen and oxygen atoms in total. The van der Waals surface area contributed by atoms with E-state index in [0.717, 1.165) is 29.8 Å². The van der Waals surface area contributed by atoms with Crippen molar-refractivity contribution in [3.8, 4) is 0 Å². The monoisotopic (exact) mass is 276 g/mol. The van der Waals surface area contributed by atoms with Crippen molar-refractivity contribution in [3.63, 3.8) is 0 Å². The van der Waals surface area contributed by atoms with E-state index < -0.39 is 10.8 Å². The molecule has 0 aromatic rings. The van der Waals surface area contributed by atoms with Crippen LogP contribution in [0.4, 0.5) is 0 Å². The standard InChI is InChI=1S/C12H24N2OS2/c1-9(2)7-11-8-16-12(14-11)13-6-5-10(3)17(4)15/h9-11H,5-8H2,1-4H3,(H,13,14). The molecule has 3 atom stereocenters. The van der Waals surface area contributed by atoms with Gasteiger partial charge in [0.25, 0.3) is 0 Å². The molecule has 1 rings (SSSR count). The molecule has 0 bridgehead atoms. The molecule has 1 fully saturated rings. The summed E-state index contributed by atoms with van der Waals surface area (Å²) in [6, 6.07) is 0.580. The minimum absolute atomic E-state index is 0.247. The van der Waals surface area contributed by atoms with Crippen LogP contribution >= 0.6 is 11.8 Å². The topological polar surface area (TPSA) is 41.5 Å². The zero-order chi connectivity index (χ0) is 12.8. The quantitative estimate of drug-likeness (QED) is 0.809. The Hall–Kier alpha value is -0.0300. The van der Waals surface area contributed by atoms with Crippen LogP contribution in [0.3, 0.4) is 0 Å². The van der Waals surface area contributed by atoms with Crippen LogP contribution in [0.15, 0.2) is 4.99 Å². The van der Waals surface area contributed by atoms with Gasteiger partial charge in [-0.2, -0.15) is 0 Å². The molecule has 0 aliphatic carbocycles. The first-order valence-electron chi connectivity index (χ1n) is 6.25. The lowest BCUT2D eigenvalue weighted by molar-refractivity contribution is 0.502. The maximum absolute atomic E-state index is 11.2. The van der Waals surface area contributed by atoms with Gasteiger partial charge in [-0.25, -0.2) is 0 Å². The number of nitrogens with zero attached hydrogens (tertiary/aromatic N) is 1. The number of thioether (sulfide) groups is 1. The number of hydrogen-bond acceptors (Lipinski definition) is 3. The van der Waals surface area contributed by atoms with Gasteiger partial charge in [0.15, 0.2) is 5.17 Å². The van der Waals surface area contributed by atoms with Gasteiger partial charge in [0.1, 0.15) is 0 Å². The van der Waals surface area contributed by atoms with Crippen LogP contribution in [0.25, 0.3) is 0 Å². The Labute approximate surface area is 112 Å². The summed E-state index contributed by atoms with van der Waals surface area (Å²) in [6.07, 6.45) is 3.88. The van der Waals surface area contributed by atoms with E-state index in [1.165, 1.54) is 6.42 Å². The third-order valence-corrected chi connectivity index (χ3v) is 5.32. The van der Waals surface area contributed by atoms with Crippen molar-refractivity contribution >= 4 is 27.7 Å². The zero-order valence-electron chi connectivity index (χ0n) is 11.2. The van der Waals surface area contributed by atoms with Gasteiger partial charge in [-0.1, -0.05) is 32.5 Å². The summed E-state index contributed by atoms with van der Waals surface area (Å²) >= 11 is 1.82. The van der Waals surface area contributed by atoms with Gasteiger partial charge >= 0.3 is 0 Å². The second-order valence-electron chi connectivity index (χ2n) is 5.07. The minimum atomic E-state index is -0.725. The van der Waals surface area contributed by atoms with Crippen molar-refractivity contribution in [1.82, 2.24) is 5.32 Å². The van der Waals surface area contributed by atoms with E-state index in [1.807, 2.05) is 18.7 Å². The van der Waals surface area contributed by atoms with Crippen LogP contribution < -0.4 is 5.32 Å². The number of rotatable bonds is 6. The summed E-state index contributed by atoms with van der Waals surface area (Å²) < 4.78 is 11.2. The predicted molar refractivity (Wildman–Crippen MR) is 79.3 cm³/mol. The van der Waals surface area contributed by atoms with Crippen molar-refractivity contribution in [2.24, 2.45) is 10.9 Å². The maximum Gasteiger partial charge on any atom is 0.156 e. The molecular formula is C12H24N2OS2. The predicted octanol–water partition coefficient (Wildman–Crippen LogP) is 2.25. The molecule has 0 aromatic heterocycles. The van der Waals surface area contributed by atoms with E-state index in [0.29, 0.717) is 6.04 Å². The molecule has 5 heteroatoms. The second kappa shape index (κ2) is 7.41. The van der Waals surface area contributed by atoms with Crippen LogP contribution in [-0.4, -0.2) is 39.2 Å². The molecule has 1 aliphatic heterocycles. The van der Waals surface area contributed by atoms with Crippen molar-refractivity contribution < 1.29 is 4.21 Å². The summed E-state index contributed by atoms with van der Waals surface area (Å²) in [4.78, 5) is 4.54. The molecule has 17 heavy (non-hydrogen) atoms. The molecule has 1 saturated heterocycles. The van der Waals surface area contributed by atoms with Crippen molar-refractivity contribution in [1.29, 1.82) is 0 Å². The van der Waals surface area contributed by atoms with Crippen molar-refractivity contribution in [3.05, 3.63) is 0 Å². The first kappa shape index (κ1) is 15.0. The lowest BCUT2D eigenvalue weighted by Gasteiger charge is -2.12. The minimum Gasteiger partial charge on any atom is -0.361 e. The summed E-state index contributed by atoms with van der Waals surface area (Å²) in [5, 5.41) is 4.78. The van der Waals surface area contributed by atoms with E-state index in [4.69, 9.17) is 0 Å². The molecule has 3 unspecified atom stereocenters. The average molecular weight is 276 g/mol. The van der Waals surface area contributed by atoms with Gasteiger partial charge in [-0.05, 0) is 18.8 Å². The number of aliphatic imine (C=N–C) groups is 1. The fraction of sp³-hybridized carbons (Fsp3) is 0.917. The first-order valence-corrected chi connectivity index (χ1v) is 8.85. The maximum atomic E-state index is 11.2. The summed E-state index contributed by atoms with van der Waals surface area (Å²) in [6.45, 7) is 7.30. The largest absolute Gasteiger partial charge is 0.361 e.